The van der Waals surface area contributed by atoms with E-state index in [1.807, 2.05) is 36.6 Å². The van der Waals surface area contributed by atoms with Gasteiger partial charge in [-0.1, -0.05) is 11.8 Å². The predicted octanol–water partition coefficient (Wildman–Crippen LogP) is 4.45. The summed E-state index contributed by atoms with van der Waals surface area (Å²) in [5.41, 5.74) is 1.76. The number of hydrogen-bond acceptors (Lipinski definition) is 8. The van der Waals surface area contributed by atoms with E-state index in [1.165, 1.54) is 11.8 Å². The van der Waals surface area contributed by atoms with Gasteiger partial charge in [-0.15, -0.1) is 21.5 Å². The number of aromatic nitrogens is 4. The molecule has 0 N–H and O–H groups in total. The average molecular weight is 356 g/mol. The number of hydrogen-bond donors (Lipinski definition) is 0. The van der Waals surface area contributed by atoms with E-state index in [0.29, 0.717) is 16.9 Å². The third-order valence-electron chi connectivity index (χ3n) is 3.16. The Hall–Kier alpha value is -2.45. The minimum absolute atomic E-state index is 0.468. The van der Waals surface area contributed by atoms with E-state index in [4.69, 9.17) is 8.83 Å². The van der Waals surface area contributed by atoms with Crippen LogP contribution in [0.1, 0.15) is 11.5 Å². The molecule has 8 heteroatoms. The Morgan fingerprint density at radius 3 is 2.92 bits per heavy atom. The number of thiazole rings is 1. The lowest BCUT2D eigenvalue weighted by molar-refractivity contribution is 0.465. The molecule has 4 aromatic heterocycles. The number of thioether (sulfide) groups is 1. The van der Waals surface area contributed by atoms with Crippen molar-refractivity contribution in [3.05, 3.63) is 53.5 Å². The van der Waals surface area contributed by atoms with Gasteiger partial charge in [0.1, 0.15) is 5.76 Å². The molecule has 0 aromatic carbocycles. The fourth-order valence-corrected chi connectivity index (χ4v) is 3.59. The van der Waals surface area contributed by atoms with Crippen molar-refractivity contribution in [1.29, 1.82) is 0 Å². The number of rotatable bonds is 5. The summed E-state index contributed by atoms with van der Waals surface area (Å²) in [5, 5.41) is 11.5. The van der Waals surface area contributed by atoms with E-state index in [9.17, 15) is 0 Å². The average Bonchev–Trinajstić information content (AvgIpc) is 3.34. The lowest BCUT2D eigenvalue weighted by atomic mass is 10.3. The maximum absolute atomic E-state index is 5.64. The van der Waals surface area contributed by atoms with Crippen molar-refractivity contribution >= 4 is 23.1 Å². The Morgan fingerprint density at radius 1 is 1.17 bits per heavy atom. The topological polar surface area (TPSA) is 77.8 Å². The fraction of sp³-hybridized carbons (Fsp3) is 0.125. The molecule has 0 radical (unpaired) electrons. The summed E-state index contributed by atoms with van der Waals surface area (Å²) in [6.45, 7) is 1.92. The molecule has 0 spiro atoms. The van der Waals surface area contributed by atoms with Gasteiger partial charge in [0.05, 0.1) is 11.3 Å². The van der Waals surface area contributed by atoms with Crippen LogP contribution >= 0.6 is 23.1 Å². The lowest BCUT2D eigenvalue weighted by Gasteiger charge is -1.93. The van der Waals surface area contributed by atoms with Crippen LogP contribution in [0.5, 0.6) is 0 Å². The van der Waals surface area contributed by atoms with Crippen LogP contribution in [0.25, 0.3) is 22.2 Å². The smallest absolute Gasteiger partial charge is 0.277 e. The quantitative estimate of drug-likeness (QED) is 0.489. The Balaban J connectivity index is 1.42. The van der Waals surface area contributed by atoms with Gasteiger partial charge in [0.25, 0.3) is 5.22 Å². The summed E-state index contributed by atoms with van der Waals surface area (Å²) in [6.07, 6.45) is 3.40. The molecule has 0 saturated heterocycles. The van der Waals surface area contributed by atoms with Crippen molar-refractivity contribution in [2.24, 2.45) is 0 Å². The fourth-order valence-electron chi connectivity index (χ4n) is 2.05. The molecule has 0 bridgehead atoms. The Bertz CT molecular complexity index is 946. The molecule has 6 nitrogen and oxygen atoms in total. The Morgan fingerprint density at radius 2 is 2.12 bits per heavy atom. The summed E-state index contributed by atoms with van der Waals surface area (Å²) in [5.74, 6) is 2.80. The van der Waals surface area contributed by atoms with Crippen LogP contribution in [0.4, 0.5) is 0 Å². The number of aryl methyl sites for hydroxylation is 1. The molecular weight excluding hydrogens is 344 g/mol. The van der Waals surface area contributed by atoms with Gasteiger partial charge in [-0.25, -0.2) is 4.98 Å². The molecule has 0 aliphatic carbocycles. The van der Waals surface area contributed by atoms with E-state index in [1.54, 1.807) is 23.7 Å². The molecule has 0 amide bonds. The van der Waals surface area contributed by atoms with Crippen molar-refractivity contribution in [1.82, 2.24) is 20.2 Å². The first-order chi connectivity index (χ1) is 11.8. The SMILES string of the molecule is Cc1ccc(-c2nc(CSc3nnc(-c4cccnc4)o3)cs2)o1. The summed E-state index contributed by atoms with van der Waals surface area (Å²) in [6, 6.07) is 7.58. The minimum Gasteiger partial charge on any atom is -0.459 e. The van der Waals surface area contributed by atoms with Crippen LogP contribution in [0.15, 0.2) is 56.1 Å². The highest BCUT2D eigenvalue weighted by Gasteiger charge is 2.12. The number of pyridine rings is 1. The van der Waals surface area contributed by atoms with E-state index in [2.05, 4.69) is 20.2 Å². The molecule has 4 heterocycles. The van der Waals surface area contributed by atoms with Gasteiger partial charge in [-0.3, -0.25) is 4.98 Å². The number of furan rings is 1. The normalized spacial score (nSPS) is 11.0. The first-order valence-corrected chi connectivity index (χ1v) is 9.02. The van der Waals surface area contributed by atoms with Crippen LogP contribution in [0, 0.1) is 6.92 Å². The molecule has 24 heavy (non-hydrogen) atoms. The monoisotopic (exact) mass is 356 g/mol. The van der Waals surface area contributed by atoms with E-state index in [-0.39, 0.29) is 0 Å². The van der Waals surface area contributed by atoms with Crippen molar-refractivity contribution < 1.29 is 8.83 Å². The third-order valence-corrected chi connectivity index (χ3v) is 4.92. The van der Waals surface area contributed by atoms with E-state index < -0.39 is 0 Å². The molecule has 120 valence electrons. The van der Waals surface area contributed by atoms with Gasteiger partial charge in [0.2, 0.25) is 5.89 Å². The van der Waals surface area contributed by atoms with E-state index >= 15 is 0 Å². The minimum atomic E-state index is 0.468. The van der Waals surface area contributed by atoms with Gasteiger partial charge in [-0.05, 0) is 31.2 Å². The highest BCUT2D eigenvalue weighted by molar-refractivity contribution is 7.98. The molecule has 0 aliphatic heterocycles. The van der Waals surface area contributed by atoms with Gasteiger partial charge in [0.15, 0.2) is 10.8 Å². The molecule has 0 atom stereocenters. The lowest BCUT2D eigenvalue weighted by Crippen LogP contribution is -1.81. The predicted molar refractivity (Wildman–Crippen MR) is 91.6 cm³/mol. The molecule has 0 unspecified atom stereocenters. The van der Waals surface area contributed by atoms with Crippen molar-refractivity contribution in [3.63, 3.8) is 0 Å². The maximum Gasteiger partial charge on any atom is 0.277 e. The second-order valence-electron chi connectivity index (χ2n) is 4.96. The molecule has 4 aromatic rings. The van der Waals surface area contributed by atoms with Crippen LogP contribution in [-0.2, 0) is 5.75 Å². The number of nitrogens with zero attached hydrogens (tertiary/aromatic N) is 4. The first kappa shape index (κ1) is 15.1. The van der Waals surface area contributed by atoms with Crippen molar-refractivity contribution in [2.45, 2.75) is 17.9 Å². The third kappa shape index (κ3) is 3.24. The van der Waals surface area contributed by atoms with Gasteiger partial charge in [0, 0.05) is 23.5 Å². The van der Waals surface area contributed by atoms with Crippen LogP contribution in [-0.4, -0.2) is 20.2 Å². The van der Waals surface area contributed by atoms with Gasteiger partial charge < -0.3 is 8.83 Å². The zero-order valence-electron chi connectivity index (χ0n) is 12.7. The van der Waals surface area contributed by atoms with Crippen molar-refractivity contribution in [3.8, 4) is 22.2 Å². The summed E-state index contributed by atoms with van der Waals surface area (Å²) >= 11 is 3.02. The van der Waals surface area contributed by atoms with E-state index in [0.717, 1.165) is 27.8 Å². The standard InChI is InChI=1S/C16H12N4O2S2/c1-10-4-5-13(21-10)15-18-12(8-23-15)9-24-16-20-19-14(22-16)11-3-2-6-17-7-11/h2-8H,9H2,1H3. The molecule has 0 saturated carbocycles. The molecule has 0 aliphatic rings. The highest BCUT2D eigenvalue weighted by atomic mass is 32.2. The van der Waals surface area contributed by atoms with Crippen LogP contribution in [0.3, 0.4) is 0 Å². The zero-order chi connectivity index (χ0) is 16.4. The highest BCUT2D eigenvalue weighted by Crippen LogP contribution is 2.29. The second-order valence-corrected chi connectivity index (χ2v) is 6.74. The van der Waals surface area contributed by atoms with Gasteiger partial charge >= 0.3 is 0 Å². The first-order valence-electron chi connectivity index (χ1n) is 7.16. The Labute approximate surface area is 146 Å². The zero-order valence-corrected chi connectivity index (χ0v) is 14.3. The molecule has 4 rings (SSSR count). The van der Waals surface area contributed by atoms with Crippen LogP contribution < -0.4 is 0 Å². The largest absolute Gasteiger partial charge is 0.459 e. The second kappa shape index (κ2) is 6.58. The summed E-state index contributed by atoms with van der Waals surface area (Å²) in [7, 11) is 0. The Kier molecular flexibility index (Phi) is 4.14. The summed E-state index contributed by atoms with van der Waals surface area (Å²) in [4.78, 5) is 8.62. The van der Waals surface area contributed by atoms with Crippen LogP contribution in [0.2, 0.25) is 0 Å². The molecular formula is C16H12N4O2S2. The van der Waals surface area contributed by atoms with Crippen molar-refractivity contribution in [2.75, 3.05) is 0 Å². The maximum atomic E-state index is 5.64. The van der Waals surface area contributed by atoms with Gasteiger partial charge in [-0.2, -0.15) is 0 Å². The molecule has 0 fully saturated rings. The summed E-state index contributed by atoms with van der Waals surface area (Å²) < 4.78 is 11.2.